The lowest BCUT2D eigenvalue weighted by molar-refractivity contribution is -0.384. The molecular formula is C24H23N5O4S. The number of benzene rings is 2. The Morgan fingerprint density at radius 2 is 1.79 bits per heavy atom. The summed E-state index contributed by atoms with van der Waals surface area (Å²) < 4.78 is 7.25. The van der Waals surface area contributed by atoms with Gasteiger partial charge in [0.05, 0.1) is 23.4 Å². The van der Waals surface area contributed by atoms with Gasteiger partial charge in [-0.25, -0.2) is 4.98 Å². The Morgan fingerprint density at radius 3 is 2.44 bits per heavy atom. The molecule has 10 heteroatoms. The first kappa shape index (κ1) is 22.1. The van der Waals surface area contributed by atoms with Gasteiger partial charge in [-0.05, 0) is 36.4 Å². The molecule has 2 aromatic heterocycles. The van der Waals surface area contributed by atoms with Crippen LogP contribution in [0.2, 0.25) is 0 Å². The Balaban J connectivity index is 1.30. The molecule has 34 heavy (non-hydrogen) atoms. The van der Waals surface area contributed by atoms with Gasteiger partial charge in [-0.15, -0.1) is 11.3 Å². The molecule has 0 atom stereocenters. The van der Waals surface area contributed by atoms with Gasteiger partial charge >= 0.3 is 0 Å². The van der Waals surface area contributed by atoms with E-state index in [1.165, 1.54) is 12.1 Å². The van der Waals surface area contributed by atoms with Gasteiger partial charge in [0, 0.05) is 67.6 Å². The van der Waals surface area contributed by atoms with Crippen LogP contribution in [0.25, 0.3) is 16.2 Å². The average molecular weight is 478 g/mol. The number of hydrogen-bond donors (Lipinski definition) is 0. The molecule has 2 aromatic carbocycles. The van der Waals surface area contributed by atoms with E-state index in [2.05, 4.69) is 9.30 Å². The summed E-state index contributed by atoms with van der Waals surface area (Å²) in [5, 5.41) is 13.0. The number of carbonyl (C=O) groups excluding carboxylic acids is 1. The topological polar surface area (TPSA) is 93.2 Å². The number of methoxy groups -OCH3 is 1. The quantitative estimate of drug-likeness (QED) is 0.309. The van der Waals surface area contributed by atoms with E-state index in [1.807, 2.05) is 16.5 Å². The largest absolute Gasteiger partial charge is 0.497 e. The van der Waals surface area contributed by atoms with Crippen molar-refractivity contribution in [2.45, 2.75) is 6.54 Å². The molecule has 0 aliphatic carbocycles. The van der Waals surface area contributed by atoms with Crippen LogP contribution in [0.5, 0.6) is 5.75 Å². The molecule has 0 unspecified atom stereocenters. The minimum atomic E-state index is -0.400. The van der Waals surface area contributed by atoms with Crippen molar-refractivity contribution in [1.82, 2.24) is 19.2 Å². The first-order valence-corrected chi connectivity index (χ1v) is 11.8. The molecule has 0 radical (unpaired) electrons. The molecule has 174 valence electrons. The zero-order valence-corrected chi connectivity index (χ0v) is 19.4. The van der Waals surface area contributed by atoms with E-state index in [-0.39, 0.29) is 11.6 Å². The summed E-state index contributed by atoms with van der Waals surface area (Å²) in [4.78, 5) is 33.4. The highest BCUT2D eigenvalue weighted by atomic mass is 32.1. The highest BCUT2D eigenvalue weighted by Gasteiger charge is 2.25. The molecule has 0 N–H and O–H groups in total. The van der Waals surface area contributed by atoms with Crippen molar-refractivity contribution < 1.29 is 14.5 Å². The SMILES string of the molecule is COc1ccc(C(=O)N2CCN(Cc3c(-c4ccc([N+](=O)[O-])cc4)nc4sccn34)CC2)cc1. The number of aromatic nitrogens is 2. The Bertz CT molecular complexity index is 1320. The molecule has 1 saturated heterocycles. The van der Waals surface area contributed by atoms with Gasteiger partial charge in [0.15, 0.2) is 4.96 Å². The lowest BCUT2D eigenvalue weighted by atomic mass is 10.1. The molecule has 3 heterocycles. The Labute approximate surface area is 200 Å². The smallest absolute Gasteiger partial charge is 0.269 e. The summed E-state index contributed by atoms with van der Waals surface area (Å²) in [7, 11) is 1.60. The van der Waals surface area contributed by atoms with E-state index < -0.39 is 4.92 Å². The van der Waals surface area contributed by atoms with Gasteiger partial charge in [-0.3, -0.25) is 24.2 Å². The standard InChI is InChI=1S/C24H23N5O4S/c1-33-20-8-4-18(5-9-20)23(30)27-12-10-26(11-13-27)16-21-22(25-24-28(21)14-15-34-24)17-2-6-19(7-3-17)29(31)32/h2-9,14-15H,10-13,16H2,1H3. The number of nitrogens with zero attached hydrogens (tertiary/aromatic N) is 5. The van der Waals surface area contributed by atoms with Gasteiger partial charge in [0.25, 0.3) is 11.6 Å². The van der Waals surface area contributed by atoms with Gasteiger partial charge in [-0.2, -0.15) is 0 Å². The van der Waals surface area contributed by atoms with Crippen LogP contribution in [0, 0.1) is 10.1 Å². The number of piperazine rings is 1. The van der Waals surface area contributed by atoms with Gasteiger partial charge in [-0.1, -0.05) is 0 Å². The van der Waals surface area contributed by atoms with Crippen LogP contribution in [0.4, 0.5) is 5.69 Å². The molecule has 5 rings (SSSR count). The Kier molecular flexibility index (Phi) is 5.99. The highest BCUT2D eigenvalue weighted by Crippen LogP contribution is 2.29. The van der Waals surface area contributed by atoms with Crippen LogP contribution in [-0.4, -0.2) is 63.3 Å². The molecule has 1 fully saturated rings. The number of non-ortho nitro benzene ring substituents is 1. The molecule has 4 aromatic rings. The molecule has 9 nitrogen and oxygen atoms in total. The van der Waals surface area contributed by atoms with Gasteiger partial charge in [0.1, 0.15) is 5.75 Å². The van der Waals surface area contributed by atoms with Crippen molar-refractivity contribution in [3.05, 3.63) is 81.5 Å². The number of thiazole rings is 1. The first-order chi connectivity index (χ1) is 16.5. The summed E-state index contributed by atoms with van der Waals surface area (Å²) in [5.74, 6) is 0.754. The maximum atomic E-state index is 12.9. The van der Waals surface area contributed by atoms with Crippen LogP contribution in [-0.2, 0) is 6.54 Å². The summed E-state index contributed by atoms with van der Waals surface area (Å²) in [5.41, 5.74) is 3.44. The fraction of sp³-hybridized carbons (Fsp3) is 0.250. The predicted octanol–water partition coefficient (Wildman–Crippen LogP) is 3.94. The van der Waals surface area contributed by atoms with Gasteiger partial charge in [0.2, 0.25) is 0 Å². The highest BCUT2D eigenvalue weighted by molar-refractivity contribution is 7.15. The zero-order chi connectivity index (χ0) is 23.7. The molecule has 1 aliphatic heterocycles. The minimum absolute atomic E-state index is 0.0263. The van der Waals surface area contributed by atoms with Gasteiger partial charge < -0.3 is 9.64 Å². The van der Waals surface area contributed by atoms with E-state index in [0.717, 1.165) is 40.8 Å². The number of nitro benzene ring substituents is 1. The third-order valence-electron chi connectivity index (χ3n) is 6.08. The monoisotopic (exact) mass is 477 g/mol. The second-order valence-electron chi connectivity index (χ2n) is 8.06. The second kappa shape index (κ2) is 9.24. The van der Waals surface area contributed by atoms with E-state index in [9.17, 15) is 14.9 Å². The summed E-state index contributed by atoms with van der Waals surface area (Å²) in [6.07, 6.45) is 2.00. The van der Waals surface area contributed by atoms with Crippen molar-refractivity contribution >= 4 is 27.9 Å². The van der Waals surface area contributed by atoms with Crippen molar-refractivity contribution in [1.29, 1.82) is 0 Å². The minimum Gasteiger partial charge on any atom is -0.497 e. The second-order valence-corrected chi connectivity index (χ2v) is 8.94. The van der Waals surface area contributed by atoms with Crippen LogP contribution in [0.15, 0.2) is 60.1 Å². The summed E-state index contributed by atoms with van der Waals surface area (Å²) in [6.45, 7) is 3.46. The molecular weight excluding hydrogens is 454 g/mol. The molecule has 1 amide bonds. The number of imidazole rings is 1. The molecule has 0 saturated carbocycles. The number of ether oxygens (including phenoxy) is 1. The molecule has 0 spiro atoms. The van der Waals surface area contributed by atoms with Crippen LogP contribution in [0.1, 0.15) is 16.1 Å². The van der Waals surface area contributed by atoms with Crippen molar-refractivity contribution in [2.24, 2.45) is 0 Å². The van der Waals surface area contributed by atoms with E-state index >= 15 is 0 Å². The number of carbonyl (C=O) groups is 1. The lowest BCUT2D eigenvalue weighted by Crippen LogP contribution is -2.48. The zero-order valence-electron chi connectivity index (χ0n) is 18.6. The number of rotatable bonds is 6. The first-order valence-electron chi connectivity index (χ1n) is 10.9. The average Bonchev–Trinajstić information content (AvgIpc) is 3.47. The summed E-state index contributed by atoms with van der Waals surface area (Å²) in [6, 6.07) is 13.7. The van der Waals surface area contributed by atoms with E-state index in [0.29, 0.717) is 25.2 Å². The number of hydrogen-bond acceptors (Lipinski definition) is 7. The maximum Gasteiger partial charge on any atom is 0.269 e. The third kappa shape index (κ3) is 4.25. The Hall–Kier alpha value is -3.76. The van der Waals surface area contributed by atoms with Crippen LogP contribution in [0.3, 0.4) is 0 Å². The number of amides is 1. The van der Waals surface area contributed by atoms with E-state index in [1.54, 1.807) is 54.8 Å². The fourth-order valence-electron chi connectivity index (χ4n) is 4.19. The third-order valence-corrected chi connectivity index (χ3v) is 6.84. The van der Waals surface area contributed by atoms with Crippen LogP contribution < -0.4 is 4.74 Å². The van der Waals surface area contributed by atoms with Crippen molar-refractivity contribution in [3.63, 3.8) is 0 Å². The maximum absolute atomic E-state index is 12.9. The fourth-order valence-corrected chi connectivity index (χ4v) is 4.93. The predicted molar refractivity (Wildman–Crippen MR) is 129 cm³/mol. The van der Waals surface area contributed by atoms with Crippen molar-refractivity contribution in [2.75, 3.05) is 33.3 Å². The van der Waals surface area contributed by atoms with Crippen molar-refractivity contribution in [3.8, 4) is 17.0 Å². The van der Waals surface area contributed by atoms with E-state index in [4.69, 9.17) is 9.72 Å². The molecule has 1 aliphatic rings. The normalized spacial score (nSPS) is 14.4. The number of nitro groups is 1. The molecule has 0 bridgehead atoms. The van der Waals surface area contributed by atoms with Crippen LogP contribution >= 0.6 is 11.3 Å². The lowest BCUT2D eigenvalue weighted by Gasteiger charge is -2.34. The number of fused-ring (bicyclic) bond motifs is 1. The summed E-state index contributed by atoms with van der Waals surface area (Å²) >= 11 is 1.55. The Morgan fingerprint density at radius 1 is 1.09 bits per heavy atom.